The van der Waals surface area contributed by atoms with Crippen molar-refractivity contribution in [3.8, 4) is 5.75 Å². The van der Waals surface area contributed by atoms with Gasteiger partial charge in [-0.1, -0.05) is 0 Å². The second kappa shape index (κ2) is 8.09. The Morgan fingerprint density at radius 3 is 2.89 bits per heavy atom. The normalized spacial score (nSPS) is 10.0. The van der Waals surface area contributed by atoms with Crippen molar-refractivity contribution in [1.29, 1.82) is 0 Å². The highest BCUT2D eigenvalue weighted by Crippen LogP contribution is 2.13. The Kier molecular flexibility index (Phi) is 6.37. The quantitative estimate of drug-likeness (QED) is 0.542. The van der Waals surface area contributed by atoms with Crippen LogP contribution in [0.25, 0.3) is 0 Å². The van der Waals surface area contributed by atoms with E-state index in [9.17, 15) is 9.59 Å². The Morgan fingerprint density at radius 1 is 1.42 bits per heavy atom. The maximum absolute atomic E-state index is 11.4. The maximum Gasteiger partial charge on any atom is 0.295 e. The number of ether oxygens (including phenoxy) is 2. The van der Waals surface area contributed by atoms with E-state index in [-0.39, 0.29) is 23.6 Å². The summed E-state index contributed by atoms with van der Waals surface area (Å²) in [5, 5.41) is 5.56. The SMILES string of the molecule is COCCNC(=O)CCNc1nc[nH]c(=O)c1OC. The number of aromatic amines is 1. The van der Waals surface area contributed by atoms with Crippen molar-refractivity contribution in [2.45, 2.75) is 6.42 Å². The summed E-state index contributed by atoms with van der Waals surface area (Å²) in [6.45, 7) is 1.30. The number of nitrogens with one attached hydrogen (secondary N) is 3. The topological polar surface area (TPSA) is 105 Å². The summed E-state index contributed by atoms with van der Waals surface area (Å²) in [7, 11) is 2.95. The number of nitrogens with zero attached hydrogens (tertiary/aromatic N) is 1. The molecular weight excluding hydrogens is 252 g/mol. The first-order chi connectivity index (χ1) is 9.19. The van der Waals surface area contributed by atoms with Gasteiger partial charge >= 0.3 is 0 Å². The van der Waals surface area contributed by atoms with Crippen molar-refractivity contribution < 1.29 is 14.3 Å². The number of carbonyl (C=O) groups excluding carboxylic acids is 1. The highest BCUT2D eigenvalue weighted by atomic mass is 16.5. The van der Waals surface area contributed by atoms with Crippen molar-refractivity contribution in [2.24, 2.45) is 0 Å². The van der Waals surface area contributed by atoms with Crippen molar-refractivity contribution in [2.75, 3.05) is 39.2 Å². The molecular formula is C11H18N4O4. The molecule has 8 nitrogen and oxygen atoms in total. The maximum atomic E-state index is 11.4. The van der Waals surface area contributed by atoms with Crippen LogP contribution in [0, 0.1) is 0 Å². The molecule has 3 N–H and O–H groups in total. The first kappa shape index (κ1) is 15.0. The third-order valence-corrected chi connectivity index (χ3v) is 2.29. The largest absolute Gasteiger partial charge is 0.489 e. The molecule has 0 aliphatic carbocycles. The van der Waals surface area contributed by atoms with Crippen LogP contribution in [0.3, 0.4) is 0 Å². The molecule has 1 aromatic rings. The fourth-order valence-corrected chi connectivity index (χ4v) is 1.38. The van der Waals surface area contributed by atoms with E-state index in [1.807, 2.05) is 0 Å². The fourth-order valence-electron chi connectivity index (χ4n) is 1.38. The zero-order valence-corrected chi connectivity index (χ0v) is 11.0. The van der Waals surface area contributed by atoms with Gasteiger partial charge in [0.05, 0.1) is 20.0 Å². The Morgan fingerprint density at radius 2 is 2.21 bits per heavy atom. The van der Waals surface area contributed by atoms with Gasteiger partial charge in [-0.3, -0.25) is 9.59 Å². The zero-order chi connectivity index (χ0) is 14.1. The van der Waals surface area contributed by atoms with Crippen LogP contribution in [0.1, 0.15) is 6.42 Å². The van der Waals surface area contributed by atoms with Crippen LogP contribution in [0.2, 0.25) is 0 Å². The van der Waals surface area contributed by atoms with Gasteiger partial charge in [0.1, 0.15) is 0 Å². The monoisotopic (exact) mass is 270 g/mol. The van der Waals surface area contributed by atoms with Crippen LogP contribution in [0.5, 0.6) is 5.75 Å². The molecule has 0 aromatic carbocycles. The zero-order valence-electron chi connectivity index (χ0n) is 11.0. The van der Waals surface area contributed by atoms with Crippen molar-refractivity contribution >= 4 is 11.7 Å². The third kappa shape index (κ3) is 4.96. The van der Waals surface area contributed by atoms with E-state index in [2.05, 4.69) is 20.6 Å². The molecule has 8 heteroatoms. The summed E-state index contributed by atoms with van der Waals surface area (Å²) < 4.78 is 9.74. The minimum Gasteiger partial charge on any atom is -0.489 e. The lowest BCUT2D eigenvalue weighted by Crippen LogP contribution is -2.28. The van der Waals surface area contributed by atoms with Crippen molar-refractivity contribution in [3.05, 3.63) is 16.7 Å². The van der Waals surface area contributed by atoms with Gasteiger partial charge in [-0.05, 0) is 0 Å². The number of anilines is 1. The lowest BCUT2D eigenvalue weighted by molar-refractivity contribution is -0.121. The summed E-state index contributed by atoms with van der Waals surface area (Å²) in [5.41, 5.74) is -0.371. The summed E-state index contributed by atoms with van der Waals surface area (Å²) in [6.07, 6.45) is 1.53. The van der Waals surface area contributed by atoms with E-state index in [1.165, 1.54) is 13.4 Å². The number of hydrogen-bond donors (Lipinski definition) is 3. The van der Waals surface area contributed by atoms with Gasteiger partial charge < -0.3 is 25.1 Å². The van der Waals surface area contributed by atoms with Gasteiger partial charge in [0, 0.05) is 26.6 Å². The fraction of sp³-hybridized carbons (Fsp3) is 0.545. The highest BCUT2D eigenvalue weighted by molar-refractivity contribution is 5.76. The highest BCUT2D eigenvalue weighted by Gasteiger charge is 2.08. The average molecular weight is 270 g/mol. The number of carbonyl (C=O) groups is 1. The molecule has 106 valence electrons. The summed E-state index contributed by atoms with van der Waals surface area (Å²) in [6, 6.07) is 0. The molecule has 1 aromatic heterocycles. The molecule has 0 atom stereocenters. The number of hydrogen-bond acceptors (Lipinski definition) is 6. The Hall–Kier alpha value is -2.09. The van der Waals surface area contributed by atoms with E-state index in [4.69, 9.17) is 9.47 Å². The van der Waals surface area contributed by atoms with Crippen LogP contribution >= 0.6 is 0 Å². The number of H-pyrrole nitrogens is 1. The molecule has 19 heavy (non-hydrogen) atoms. The minimum atomic E-state index is -0.371. The molecule has 1 amide bonds. The molecule has 0 saturated carbocycles. The predicted molar refractivity (Wildman–Crippen MR) is 69.4 cm³/mol. The lowest BCUT2D eigenvalue weighted by atomic mass is 10.4. The van der Waals surface area contributed by atoms with Crippen LogP contribution in [0.4, 0.5) is 5.82 Å². The predicted octanol–water partition coefficient (Wildman–Crippen LogP) is -0.657. The summed E-state index contributed by atoms with van der Waals surface area (Å²) in [4.78, 5) is 29.1. The van der Waals surface area contributed by atoms with Gasteiger partial charge in [0.25, 0.3) is 5.56 Å². The van der Waals surface area contributed by atoms with Gasteiger partial charge in [0.2, 0.25) is 11.7 Å². The molecule has 0 unspecified atom stereocenters. The van der Waals surface area contributed by atoms with E-state index >= 15 is 0 Å². The van der Waals surface area contributed by atoms with E-state index in [1.54, 1.807) is 7.11 Å². The number of rotatable bonds is 8. The van der Waals surface area contributed by atoms with Gasteiger partial charge in [-0.25, -0.2) is 4.98 Å². The molecule has 0 spiro atoms. The summed E-state index contributed by atoms with van der Waals surface area (Å²) >= 11 is 0. The molecule has 1 heterocycles. The minimum absolute atomic E-state index is 0.0993. The standard InChI is InChI=1S/C11H18N4O4/c1-18-6-5-12-8(16)3-4-13-10-9(19-2)11(17)15-7-14-10/h7H,3-6H2,1-2H3,(H,12,16)(H2,13,14,15,17). The van der Waals surface area contributed by atoms with Gasteiger partial charge in [-0.2, -0.15) is 0 Å². The van der Waals surface area contributed by atoms with Crippen LogP contribution in [-0.2, 0) is 9.53 Å². The molecule has 0 bridgehead atoms. The second-order valence-corrected chi connectivity index (χ2v) is 3.63. The number of aromatic nitrogens is 2. The second-order valence-electron chi connectivity index (χ2n) is 3.63. The van der Waals surface area contributed by atoms with Crippen LogP contribution in [-0.4, -0.2) is 49.8 Å². The molecule has 1 rings (SSSR count). The molecule has 0 aliphatic rings. The van der Waals surface area contributed by atoms with Crippen LogP contribution < -0.4 is 20.9 Å². The van der Waals surface area contributed by atoms with Crippen molar-refractivity contribution in [1.82, 2.24) is 15.3 Å². The van der Waals surface area contributed by atoms with Gasteiger partial charge in [-0.15, -0.1) is 0 Å². The number of amides is 1. The first-order valence-corrected chi connectivity index (χ1v) is 5.80. The Balaban J connectivity index is 2.39. The molecule has 0 saturated heterocycles. The lowest BCUT2D eigenvalue weighted by Gasteiger charge is -2.08. The van der Waals surface area contributed by atoms with E-state index < -0.39 is 0 Å². The smallest absolute Gasteiger partial charge is 0.295 e. The molecule has 0 radical (unpaired) electrons. The van der Waals surface area contributed by atoms with Crippen LogP contribution in [0.15, 0.2) is 11.1 Å². The summed E-state index contributed by atoms with van der Waals surface area (Å²) in [5.74, 6) is 0.312. The van der Waals surface area contributed by atoms with Gasteiger partial charge in [0.15, 0.2) is 5.82 Å². The Bertz CT molecular complexity index is 460. The number of methoxy groups -OCH3 is 2. The van der Waals surface area contributed by atoms with E-state index in [0.717, 1.165) is 0 Å². The van der Waals surface area contributed by atoms with E-state index in [0.29, 0.717) is 25.5 Å². The first-order valence-electron chi connectivity index (χ1n) is 5.80. The van der Waals surface area contributed by atoms with Crippen molar-refractivity contribution in [3.63, 3.8) is 0 Å². The average Bonchev–Trinajstić information content (AvgIpc) is 2.39. The Labute approximate surface area is 110 Å². The molecule has 0 fully saturated rings. The molecule has 0 aliphatic heterocycles. The third-order valence-electron chi connectivity index (χ3n) is 2.29.